The van der Waals surface area contributed by atoms with Crippen LogP contribution in [0, 0.1) is 0 Å². The van der Waals surface area contributed by atoms with Gasteiger partial charge in [0.15, 0.2) is 0 Å². The first-order valence-corrected chi connectivity index (χ1v) is 9.86. The van der Waals surface area contributed by atoms with Crippen molar-refractivity contribution in [3.63, 3.8) is 0 Å². The standard InChI is InChI=1S/C22H27N3O2/c1-16(2)24-14-10-18(11-15-24)27-20-7-5-6-17-8-9-19(23-21(17)20)22(26)25-12-3-4-13-25/h3-9,16,18H,10-15H2,1-2H3. The van der Waals surface area contributed by atoms with E-state index in [1.807, 2.05) is 42.5 Å². The van der Waals surface area contributed by atoms with Gasteiger partial charge in [0, 0.05) is 37.6 Å². The number of rotatable bonds is 4. The van der Waals surface area contributed by atoms with E-state index in [1.54, 1.807) is 4.90 Å². The molecule has 27 heavy (non-hydrogen) atoms. The van der Waals surface area contributed by atoms with Crippen LogP contribution in [-0.4, -0.2) is 59.0 Å². The van der Waals surface area contributed by atoms with Crippen molar-refractivity contribution in [2.24, 2.45) is 0 Å². The van der Waals surface area contributed by atoms with Gasteiger partial charge in [-0.15, -0.1) is 0 Å². The number of nitrogens with zero attached hydrogens (tertiary/aromatic N) is 3. The van der Waals surface area contributed by atoms with E-state index in [0.29, 0.717) is 24.8 Å². The second-order valence-electron chi connectivity index (χ2n) is 7.65. The molecule has 0 bridgehead atoms. The molecule has 142 valence electrons. The molecule has 5 nitrogen and oxygen atoms in total. The normalized spacial score (nSPS) is 18.6. The third-order valence-corrected chi connectivity index (χ3v) is 5.51. The van der Waals surface area contributed by atoms with E-state index in [1.165, 1.54) is 0 Å². The minimum atomic E-state index is -0.0260. The molecule has 1 aromatic carbocycles. The summed E-state index contributed by atoms with van der Waals surface area (Å²) >= 11 is 0. The molecule has 0 spiro atoms. The molecule has 0 aliphatic carbocycles. The van der Waals surface area contributed by atoms with Gasteiger partial charge in [0.1, 0.15) is 23.1 Å². The predicted octanol–water partition coefficient (Wildman–Crippen LogP) is 3.50. The lowest BCUT2D eigenvalue weighted by Crippen LogP contribution is -2.41. The van der Waals surface area contributed by atoms with Crippen LogP contribution in [0.1, 0.15) is 37.2 Å². The highest BCUT2D eigenvalue weighted by molar-refractivity contribution is 5.96. The minimum absolute atomic E-state index is 0.0260. The van der Waals surface area contributed by atoms with Gasteiger partial charge < -0.3 is 14.5 Å². The first-order chi connectivity index (χ1) is 13.1. The highest BCUT2D eigenvalue weighted by Crippen LogP contribution is 2.28. The maximum atomic E-state index is 12.7. The van der Waals surface area contributed by atoms with E-state index in [2.05, 4.69) is 23.7 Å². The van der Waals surface area contributed by atoms with Crippen LogP contribution in [0.4, 0.5) is 0 Å². The summed E-state index contributed by atoms with van der Waals surface area (Å²) in [6, 6.07) is 10.3. The lowest BCUT2D eigenvalue weighted by molar-refractivity contribution is 0.0794. The van der Waals surface area contributed by atoms with Gasteiger partial charge in [-0.25, -0.2) is 4.98 Å². The molecule has 3 heterocycles. The fraction of sp³-hybridized carbons (Fsp3) is 0.455. The maximum absolute atomic E-state index is 12.7. The molecule has 0 unspecified atom stereocenters. The molecule has 1 amide bonds. The molecule has 0 atom stereocenters. The molecule has 0 radical (unpaired) electrons. The molecule has 1 saturated heterocycles. The highest BCUT2D eigenvalue weighted by atomic mass is 16.5. The van der Waals surface area contributed by atoms with Gasteiger partial charge in [0.2, 0.25) is 0 Å². The largest absolute Gasteiger partial charge is 0.488 e. The number of carbonyl (C=O) groups is 1. The Balaban J connectivity index is 1.54. The third-order valence-electron chi connectivity index (χ3n) is 5.51. The third kappa shape index (κ3) is 3.83. The van der Waals surface area contributed by atoms with Crippen molar-refractivity contribution in [3.8, 4) is 5.75 Å². The van der Waals surface area contributed by atoms with Crippen LogP contribution in [0.3, 0.4) is 0 Å². The molecule has 1 aromatic heterocycles. The van der Waals surface area contributed by atoms with Crippen molar-refractivity contribution in [1.29, 1.82) is 0 Å². The van der Waals surface area contributed by atoms with Crippen LogP contribution in [0.25, 0.3) is 10.9 Å². The fourth-order valence-electron chi connectivity index (χ4n) is 3.83. The Morgan fingerprint density at radius 1 is 1.11 bits per heavy atom. The van der Waals surface area contributed by atoms with Crippen molar-refractivity contribution >= 4 is 16.8 Å². The van der Waals surface area contributed by atoms with E-state index in [4.69, 9.17) is 4.74 Å². The summed E-state index contributed by atoms with van der Waals surface area (Å²) < 4.78 is 6.33. The maximum Gasteiger partial charge on any atom is 0.273 e. The van der Waals surface area contributed by atoms with Gasteiger partial charge in [-0.2, -0.15) is 0 Å². The molecule has 0 saturated carbocycles. The van der Waals surface area contributed by atoms with Gasteiger partial charge in [-0.3, -0.25) is 4.79 Å². The number of ether oxygens (including phenoxy) is 1. The number of pyridine rings is 1. The molecule has 0 N–H and O–H groups in total. The molecular formula is C22H27N3O2. The predicted molar refractivity (Wildman–Crippen MR) is 107 cm³/mol. The first kappa shape index (κ1) is 18.0. The monoisotopic (exact) mass is 365 g/mol. The number of aromatic nitrogens is 1. The molecule has 2 aliphatic heterocycles. The van der Waals surface area contributed by atoms with Crippen LogP contribution < -0.4 is 4.74 Å². The number of hydrogen-bond acceptors (Lipinski definition) is 4. The molecular weight excluding hydrogens is 338 g/mol. The van der Waals surface area contributed by atoms with E-state index < -0.39 is 0 Å². The zero-order chi connectivity index (χ0) is 18.8. The van der Waals surface area contributed by atoms with Crippen LogP contribution in [-0.2, 0) is 0 Å². The van der Waals surface area contributed by atoms with Crippen LogP contribution in [0.2, 0.25) is 0 Å². The average Bonchev–Trinajstić information content (AvgIpc) is 3.22. The van der Waals surface area contributed by atoms with Crippen molar-refractivity contribution in [2.45, 2.75) is 38.8 Å². The highest BCUT2D eigenvalue weighted by Gasteiger charge is 2.23. The lowest BCUT2D eigenvalue weighted by atomic mass is 10.1. The summed E-state index contributed by atoms with van der Waals surface area (Å²) in [4.78, 5) is 21.6. The molecule has 2 aromatic rings. The summed E-state index contributed by atoms with van der Waals surface area (Å²) in [5, 5.41) is 1.00. The van der Waals surface area contributed by atoms with Crippen molar-refractivity contribution in [3.05, 3.63) is 48.2 Å². The Morgan fingerprint density at radius 3 is 2.56 bits per heavy atom. The molecule has 4 rings (SSSR count). The number of likely N-dealkylation sites (tertiary alicyclic amines) is 1. The first-order valence-electron chi connectivity index (χ1n) is 9.86. The summed E-state index contributed by atoms with van der Waals surface area (Å²) in [5.41, 5.74) is 1.26. The molecule has 2 aliphatic rings. The number of amides is 1. The number of hydrogen-bond donors (Lipinski definition) is 0. The average molecular weight is 365 g/mol. The van der Waals surface area contributed by atoms with Gasteiger partial charge in [0.05, 0.1) is 0 Å². The Labute approximate surface area is 160 Å². The summed E-state index contributed by atoms with van der Waals surface area (Å²) in [6.07, 6.45) is 6.27. The minimum Gasteiger partial charge on any atom is -0.488 e. The SMILES string of the molecule is CC(C)N1CCC(Oc2cccc3ccc(C(=O)N4CC=CC4)nc23)CC1. The van der Waals surface area contributed by atoms with E-state index in [9.17, 15) is 4.79 Å². The quantitative estimate of drug-likeness (QED) is 0.778. The zero-order valence-corrected chi connectivity index (χ0v) is 16.1. The second kappa shape index (κ2) is 7.69. The summed E-state index contributed by atoms with van der Waals surface area (Å²) in [6.45, 7) is 7.92. The summed E-state index contributed by atoms with van der Waals surface area (Å²) in [7, 11) is 0. The van der Waals surface area contributed by atoms with Gasteiger partial charge >= 0.3 is 0 Å². The summed E-state index contributed by atoms with van der Waals surface area (Å²) in [5.74, 6) is 0.756. The topological polar surface area (TPSA) is 45.7 Å². The smallest absolute Gasteiger partial charge is 0.273 e. The number of fused-ring (bicyclic) bond motifs is 1. The van der Waals surface area contributed by atoms with Crippen molar-refractivity contribution in [2.75, 3.05) is 26.2 Å². The second-order valence-corrected chi connectivity index (χ2v) is 7.65. The van der Waals surface area contributed by atoms with E-state index >= 15 is 0 Å². The van der Waals surface area contributed by atoms with Gasteiger partial charge in [-0.05, 0) is 38.8 Å². The van der Waals surface area contributed by atoms with E-state index in [0.717, 1.165) is 42.6 Å². The lowest BCUT2D eigenvalue weighted by Gasteiger charge is -2.34. The number of carbonyl (C=O) groups excluding carboxylic acids is 1. The molecule has 1 fully saturated rings. The number of benzene rings is 1. The Morgan fingerprint density at radius 2 is 1.85 bits per heavy atom. The van der Waals surface area contributed by atoms with Crippen LogP contribution in [0.5, 0.6) is 5.75 Å². The van der Waals surface area contributed by atoms with Crippen LogP contribution >= 0.6 is 0 Å². The van der Waals surface area contributed by atoms with Gasteiger partial charge in [0.25, 0.3) is 5.91 Å². The van der Waals surface area contributed by atoms with Crippen molar-refractivity contribution in [1.82, 2.24) is 14.8 Å². The van der Waals surface area contributed by atoms with Crippen LogP contribution in [0.15, 0.2) is 42.5 Å². The Bertz CT molecular complexity index is 846. The number of piperidine rings is 1. The Kier molecular flexibility index (Phi) is 5.12. The van der Waals surface area contributed by atoms with Crippen molar-refractivity contribution < 1.29 is 9.53 Å². The zero-order valence-electron chi connectivity index (χ0n) is 16.1. The molecule has 5 heteroatoms. The van der Waals surface area contributed by atoms with Gasteiger partial charge in [-0.1, -0.05) is 30.4 Å². The van der Waals surface area contributed by atoms with E-state index in [-0.39, 0.29) is 12.0 Å². The number of para-hydroxylation sites is 1. The fourth-order valence-corrected chi connectivity index (χ4v) is 3.83. The Hall–Kier alpha value is -2.40.